The lowest BCUT2D eigenvalue weighted by atomic mass is 10.1. The standard InChI is InChI=1S/C10H11F2NS/c11-8-5-7(3-1-2-4-14)10(13)9(12)6-8/h1,3,5-6,14H,2,4,13H2. The summed E-state index contributed by atoms with van der Waals surface area (Å²) in [6.45, 7) is 0. The van der Waals surface area contributed by atoms with Gasteiger partial charge in [-0.25, -0.2) is 8.78 Å². The SMILES string of the molecule is Nc1c(F)cc(F)cc1C=CCCS. The van der Waals surface area contributed by atoms with E-state index in [2.05, 4.69) is 12.6 Å². The molecule has 0 fully saturated rings. The summed E-state index contributed by atoms with van der Waals surface area (Å²) >= 11 is 4.00. The lowest BCUT2D eigenvalue weighted by Gasteiger charge is -2.01. The van der Waals surface area contributed by atoms with Gasteiger partial charge >= 0.3 is 0 Å². The zero-order chi connectivity index (χ0) is 10.6. The molecular weight excluding hydrogens is 204 g/mol. The molecule has 0 aliphatic rings. The molecule has 2 N–H and O–H groups in total. The molecule has 0 aliphatic carbocycles. The van der Waals surface area contributed by atoms with Crippen molar-refractivity contribution in [1.82, 2.24) is 0 Å². The number of halogens is 2. The van der Waals surface area contributed by atoms with Crippen LogP contribution in [0.4, 0.5) is 14.5 Å². The van der Waals surface area contributed by atoms with Crippen LogP contribution in [-0.4, -0.2) is 5.75 Å². The molecule has 1 nitrogen and oxygen atoms in total. The van der Waals surface area contributed by atoms with Gasteiger partial charge < -0.3 is 5.73 Å². The fourth-order valence-corrected chi connectivity index (χ4v) is 1.18. The van der Waals surface area contributed by atoms with Crippen molar-refractivity contribution in [3.05, 3.63) is 35.4 Å². The Kier molecular flexibility index (Phi) is 3.95. The van der Waals surface area contributed by atoms with E-state index in [0.29, 0.717) is 11.3 Å². The maximum Gasteiger partial charge on any atom is 0.149 e. The van der Waals surface area contributed by atoms with Gasteiger partial charge in [-0.3, -0.25) is 0 Å². The zero-order valence-corrected chi connectivity index (χ0v) is 8.40. The highest BCUT2D eigenvalue weighted by Gasteiger charge is 2.04. The quantitative estimate of drug-likeness (QED) is 0.588. The average molecular weight is 215 g/mol. The van der Waals surface area contributed by atoms with Crippen molar-refractivity contribution < 1.29 is 8.78 Å². The largest absolute Gasteiger partial charge is 0.396 e. The lowest BCUT2D eigenvalue weighted by Crippen LogP contribution is -1.95. The molecule has 4 heteroatoms. The number of anilines is 1. The molecule has 0 aliphatic heterocycles. The zero-order valence-electron chi connectivity index (χ0n) is 7.50. The van der Waals surface area contributed by atoms with Crippen LogP contribution in [0.3, 0.4) is 0 Å². The molecule has 1 aromatic rings. The Morgan fingerprint density at radius 3 is 2.71 bits per heavy atom. The summed E-state index contributed by atoms with van der Waals surface area (Å²) in [7, 11) is 0. The van der Waals surface area contributed by atoms with Crippen LogP contribution in [0.1, 0.15) is 12.0 Å². The van der Waals surface area contributed by atoms with Gasteiger partial charge in [0, 0.05) is 11.6 Å². The van der Waals surface area contributed by atoms with Crippen LogP contribution in [0.15, 0.2) is 18.2 Å². The maximum atomic E-state index is 12.9. The minimum absolute atomic E-state index is 0.0261. The van der Waals surface area contributed by atoms with Gasteiger partial charge in [0.25, 0.3) is 0 Å². The van der Waals surface area contributed by atoms with Crippen LogP contribution in [0.2, 0.25) is 0 Å². The first kappa shape index (κ1) is 11.0. The Labute approximate surface area is 87.0 Å². The molecule has 14 heavy (non-hydrogen) atoms. The summed E-state index contributed by atoms with van der Waals surface area (Å²) in [6.07, 6.45) is 4.11. The molecule has 0 bridgehead atoms. The third kappa shape index (κ3) is 2.73. The van der Waals surface area contributed by atoms with E-state index >= 15 is 0 Å². The predicted octanol–water partition coefficient (Wildman–Crippen LogP) is 2.88. The number of thiol groups is 1. The molecule has 0 unspecified atom stereocenters. The van der Waals surface area contributed by atoms with Crippen molar-refractivity contribution in [2.24, 2.45) is 0 Å². The average Bonchev–Trinajstić information content (AvgIpc) is 2.13. The summed E-state index contributed by atoms with van der Waals surface area (Å²) in [5.74, 6) is -0.661. The number of benzene rings is 1. The molecule has 0 aromatic heterocycles. The highest BCUT2D eigenvalue weighted by atomic mass is 32.1. The molecule has 0 spiro atoms. The van der Waals surface area contributed by atoms with Gasteiger partial charge in [-0.05, 0) is 18.2 Å². The highest BCUT2D eigenvalue weighted by Crippen LogP contribution is 2.19. The van der Waals surface area contributed by atoms with E-state index in [1.54, 1.807) is 12.2 Å². The van der Waals surface area contributed by atoms with Crippen molar-refractivity contribution in [3.63, 3.8) is 0 Å². The Bertz CT molecular complexity index is 350. The molecule has 0 saturated heterocycles. The van der Waals surface area contributed by atoms with Gasteiger partial charge in [0.1, 0.15) is 11.6 Å². The lowest BCUT2D eigenvalue weighted by molar-refractivity contribution is 0.586. The minimum Gasteiger partial charge on any atom is -0.396 e. The number of nitrogen functional groups attached to an aromatic ring is 1. The summed E-state index contributed by atoms with van der Waals surface area (Å²) < 4.78 is 25.7. The van der Waals surface area contributed by atoms with E-state index in [1.807, 2.05) is 0 Å². The highest BCUT2D eigenvalue weighted by molar-refractivity contribution is 7.80. The summed E-state index contributed by atoms with van der Waals surface area (Å²) in [5.41, 5.74) is 5.76. The molecule has 0 heterocycles. The minimum atomic E-state index is -0.726. The smallest absolute Gasteiger partial charge is 0.149 e. The summed E-state index contributed by atoms with van der Waals surface area (Å²) in [5, 5.41) is 0. The number of allylic oxidation sites excluding steroid dienone is 1. The first-order chi connectivity index (χ1) is 6.65. The van der Waals surface area contributed by atoms with E-state index < -0.39 is 11.6 Å². The molecule has 1 aromatic carbocycles. The van der Waals surface area contributed by atoms with E-state index in [-0.39, 0.29) is 5.69 Å². The Hall–Kier alpha value is -1.03. The van der Waals surface area contributed by atoms with Gasteiger partial charge in [-0.1, -0.05) is 12.2 Å². The molecule has 0 saturated carbocycles. The fraction of sp³-hybridized carbons (Fsp3) is 0.200. The molecular formula is C10H11F2NS. The number of hydrogen-bond acceptors (Lipinski definition) is 2. The second kappa shape index (κ2) is 5.00. The number of hydrogen-bond donors (Lipinski definition) is 2. The van der Waals surface area contributed by atoms with Gasteiger partial charge in [0.2, 0.25) is 0 Å². The molecule has 76 valence electrons. The van der Waals surface area contributed by atoms with Crippen LogP contribution in [0.25, 0.3) is 6.08 Å². The monoisotopic (exact) mass is 215 g/mol. The van der Waals surface area contributed by atoms with E-state index in [0.717, 1.165) is 12.5 Å². The molecule has 0 amide bonds. The molecule has 0 atom stereocenters. The third-order valence-corrected chi connectivity index (χ3v) is 1.98. The van der Waals surface area contributed by atoms with Crippen LogP contribution >= 0.6 is 12.6 Å². The van der Waals surface area contributed by atoms with Gasteiger partial charge in [0.15, 0.2) is 0 Å². The van der Waals surface area contributed by atoms with E-state index in [9.17, 15) is 8.78 Å². The Morgan fingerprint density at radius 2 is 2.07 bits per heavy atom. The van der Waals surface area contributed by atoms with Crippen LogP contribution in [-0.2, 0) is 0 Å². The topological polar surface area (TPSA) is 26.0 Å². The first-order valence-electron chi connectivity index (χ1n) is 4.17. The molecule has 0 radical (unpaired) electrons. The maximum absolute atomic E-state index is 12.9. The van der Waals surface area contributed by atoms with Crippen LogP contribution < -0.4 is 5.73 Å². The van der Waals surface area contributed by atoms with E-state index in [1.165, 1.54) is 6.07 Å². The van der Waals surface area contributed by atoms with Crippen molar-refractivity contribution in [1.29, 1.82) is 0 Å². The van der Waals surface area contributed by atoms with Crippen molar-refractivity contribution in [2.45, 2.75) is 6.42 Å². The van der Waals surface area contributed by atoms with Crippen molar-refractivity contribution in [3.8, 4) is 0 Å². The molecule has 1 rings (SSSR count). The predicted molar refractivity (Wildman–Crippen MR) is 58.3 cm³/mol. The van der Waals surface area contributed by atoms with E-state index in [4.69, 9.17) is 5.73 Å². The van der Waals surface area contributed by atoms with Gasteiger partial charge in [0.05, 0.1) is 5.69 Å². The fourth-order valence-electron chi connectivity index (χ4n) is 1.03. The van der Waals surface area contributed by atoms with Gasteiger partial charge in [-0.2, -0.15) is 12.6 Å². The Balaban J connectivity index is 2.96. The van der Waals surface area contributed by atoms with Crippen molar-refractivity contribution in [2.75, 3.05) is 11.5 Å². The third-order valence-electron chi connectivity index (χ3n) is 1.72. The summed E-state index contributed by atoms with van der Waals surface area (Å²) in [4.78, 5) is 0. The van der Waals surface area contributed by atoms with Crippen LogP contribution in [0.5, 0.6) is 0 Å². The normalized spacial score (nSPS) is 11.1. The summed E-state index contributed by atoms with van der Waals surface area (Å²) in [6, 6.07) is 1.97. The Morgan fingerprint density at radius 1 is 1.36 bits per heavy atom. The first-order valence-corrected chi connectivity index (χ1v) is 4.80. The number of nitrogens with two attached hydrogens (primary N) is 1. The van der Waals surface area contributed by atoms with Gasteiger partial charge in [-0.15, -0.1) is 0 Å². The van der Waals surface area contributed by atoms with Crippen LogP contribution in [0, 0.1) is 11.6 Å². The number of rotatable bonds is 3. The van der Waals surface area contributed by atoms with Crippen molar-refractivity contribution >= 4 is 24.4 Å². The second-order valence-corrected chi connectivity index (χ2v) is 3.25. The second-order valence-electron chi connectivity index (χ2n) is 2.81.